The summed E-state index contributed by atoms with van der Waals surface area (Å²) in [4.78, 5) is 24.9. The Balaban J connectivity index is 0.00000760. The van der Waals surface area contributed by atoms with Crippen LogP contribution < -0.4 is 10.1 Å². The van der Waals surface area contributed by atoms with Crippen LogP contribution in [-0.4, -0.2) is 43.7 Å². The number of hydrogen-bond donors (Lipinski definition) is 1. The highest BCUT2D eigenvalue weighted by Gasteiger charge is 2.17. The SMILES string of the molecule is C=C(C)C(=O)OCCNC(=O)OC(COc1ccc(/C(=C(/C)C(C)C)C(C)C)cc1)CSc1ccccc1.[HH]. The number of allylic oxidation sites excluding steroid dienone is 2. The number of benzene rings is 2. The molecule has 0 aliphatic carbocycles. The van der Waals surface area contributed by atoms with Crippen molar-refractivity contribution in [2.45, 2.75) is 52.5 Å². The smallest absolute Gasteiger partial charge is 0.407 e. The topological polar surface area (TPSA) is 73.9 Å². The van der Waals surface area contributed by atoms with E-state index >= 15 is 0 Å². The lowest BCUT2D eigenvalue weighted by atomic mass is 9.87. The monoisotopic (exact) mass is 541 g/mol. The summed E-state index contributed by atoms with van der Waals surface area (Å²) in [6.45, 7) is 16.5. The van der Waals surface area contributed by atoms with Crippen LogP contribution in [0.5, 0.6) is 5.75 Å². The third-order valence-electron chi connectivity index (χ3n) is 5.88. The van der Waals surface area contributed by atoms with Gasteiger partial charge < -0.3 is 19.5 Å². The maximum Gasteiger partial charge on any atom is 0.407 e. The van der Waals surface area contributed by atoms with Crippen LogP contribution in [0.2, 0.25) is 0 Å². The molecule has 0 radical (unpaired) electrons. The number of carbonyl (C=O) groups excluding carboxylic acids is 2. The molecule has 0 bridgehead atoms. The highest BCUT2D eigenvalue weighted by Crippen LogP contribution is 2.31. The average Bonchev–Trinajstić information content (AvgIpc) is 2.89. The number of thioether (sulfide) groups is 1. The van der Waals surface area contributed by atoms with Crippen LogP contribution in [0.4, 0.5) is 4.79 Å². The van der Waals surface area contributed by atoms with Crippen molar-refractivity contribution in [3.05, 3.63) is 77.9 Å². The lowest BCUT2D eigenvalue weighted by Crippen LogP contribution is -2.35. The second kappa shape index (κ2) is 15.9. The van der Waals surface area contributed by atoms with Gasteiger partial charge in [-0.1, -0.05) is 70.2 Å². The molecule has 0 spiro atoms. The molecule has 7 heteroatoms. The van der Waals surface area contributed by atoms with Crippen LogP contribution in [0.1, 0.15) is 48.5 Å². The van der Waals surface area contributed by atoms with Crippen LogP contribution in [0, 0.1) is 11.8 Å². The maximum atomic E-state index is 12.4. The molecule has 0 fully saturated rings. The fraction of sp³-hybridized carbons (Fsp3) is 0.419. The molecule has 0 heterocycles. The van der Waals surface area contributed by atoms with Gasteiger partial charge in [0.15, 0.2) is 0 Å². The molecule has 0 aliphatic heterocycles. The van der Waals surface area contributed by atoms with Crippen molar-refractivity contribution in [2.75, 3.05) is 25.5 Å². The summed E-state index contributed by atoms with van der Waals surface area (Å²) in [5, 5.41) is 2.62. The van der Waals surface area contributed by atoms with Crippen molar-refractivity contribution >= 4 is 29.4 Å². The summed E-state index contributed by atoms with van der Waals surface area (Å²) >= 11 is 1.59. The van der Waals surface area contributed by atoms with E-state index in [4.69, 9.17) is 14.2 Å². The van der Waals surface area contributed by atoms with Crippen molar-refractivity contribution in [2.24, 2.45) is 11.8 Å². The third kappa shape index (κ3) is 10.7. The number of amides is 1. The molecule has 1 unspecified atom stereocenters. The van der Waals surface area contributed by atoms with E-state index in [2.05, 4.69) is 58.6 Å². The van der Waals surface area contributed by atoms with E-state index in [1.807, 2.05) is 42.5 Å². The van der Waals surface area contributed by atoms with Crippen molar-refractivity contribution in [1.82, 2.24) is 5.32 Å². The molecule has 6 nitrogen and oxygen atoms in total. The molecular weight excluding hydrogens is 498 g/mol. The van der Waals surface area contributed by atoms with Crippen molar-refractivity contribution in [1.29, 1.82) is 0 Å². The molecule has 1 atom stereocenters. The first kappa shape index (κ1) is 31.0. The van der Waals surface area contributed by atoms with Gasteiger partial charge in [-0.05, 0) is 61.1 Å². The Morgan fingerprint density at radius 1 is 0.974 bits per heavy atom. The summed E-state index contributed by atoms with van der Waals surface area (Å²) in [6, 6.07) is 18.0. The summed E-state index contributed by atoms with van der Waals surface area (Å²) in [6.07, 6.45) is -1.09. The maximum absolute atomic E-state index is 12.4. The molecule has 2 aromatic rings. The Hall–Kier alpha value is -3.19. The number of ether oxygens (including phenoxy) is 3. The molecule has 1 N–H and O–H groups in total. The van der Waals surface area contributed by atoms with E-state index in [1.165, 1.54) is 16.7 Å². The van der Waals surface area contributed by atoms with E-state index in [9.17, 15) is 9.59 Å². The van der Waals surface area contributed by atoms with Gasteiger partial charge in [0, 0.05) is 17.6 Å². The molecule has 0 saturated heterocycles. The summed E-state index contributed by atoms with van der Waals surface area (Å²) < 4.78 is 16.7. The Kier molecular flexibility index (Phi) is 13.0. The molecule has 38 heavy (non-hydrogen) atoms. The van der Waals surface area contributed by atoms with E-state index in [-0.39, 0.29) is 21.2 Å². The molecule has 2 rings (SSSR count). The number of nitrogens with one attached hydrogen (secondary N) is 1. The van der Waals surface area contributed by atoms with E-state index in [0.29, 0.717) is 28.9 Å². The summed E-state index contributed by atoms with van der Waals surface area (Å²) in [5.74, 6) is 1.64. The highest BCUT2D eigenvalue weighted by atomic mass is 32.2. The predicted octanol–water partition coefficient (Wildman–Crippen LogP) is 7.40. The number of rotatable bonds is 14. The van der Waals surface area contributed by atoms with Gasteiger partial charge >= 0.3 is 12.1 Å². The number of esters is 1. The third-order valence-corrected chi connectivity index (χ3v) is 7.02. The van der Waals surface area contributed by atoms with Gasteiger partial charge in [0.25, 0.3) is 0 Å². The summed E-state index contributed by atoms with van der Waals surface area (Å²) in [5.41, 5.74) is 4.25. The summed E-state index contributed by atoms with van der Waals surface area (Å²) in [7, 11) is 0. The van der Waals surface area contributed by atoms with E-state index < -0.39 is 18.2 Å². The molecule has 0 aromatic heterocycles. The second-order valence-electron chi connectivity index (χ2n) is 9.74. The zero-order chi connectivity index (χ0) is 28.1. The van der Waals surface area contributed by atoms with Gasteiger partial charge in [0.05, 0.1) is 6.54 Å². The number of hydrogen-bond acceptors (Lipinski definition) is 6. The van der Waals surface area contributed by atoms with Crippen LogP contribution >= 0.6 is 11.8 Å². The molecule has 0 aliphatic rings. The normalized spacial score (nSPS) is 12.5. The van der Waals surface area contributed by atoms with Crippen molar-refractivity contribution in [3.8, 4) is 5.75 Å². The minimum absolute atomic E-state index is 0. The first-order valence-electron chi connectivity index (χ1n) is 13.0. The van der Waals surface area contributed by atoms with Crippen LogP contribution in [0.3, 0.4) is 0 Å². The van der Waals surface area contributed by atoms with Crippen molar-refractivity contribution < 1.29 is 25.2 Å². The van der Waals surface area contributed by atoms with E-state index in [1.54, 1.807) is 18.7 Å². The van der Waals surface area contributed by atoms with Gasteiger partial charge in [-0.3, -0.25) is 0 Å². The molecule has 1 amide bonds. The zero-order valence-electron chi connectivity index (χ0n) is 23.4. The average molecular weight is 542 g/mol. The largest absolute Gasteiger partial charge is 0.490 e. The van der Waals surface area contributed by atoms with Gasteiger partial charge in [0.1, 0.15) is 25.1 Å². The highest BCUT2D eigenvalue weighted by molar-refractivity contribution is 7.99. The minimum Gasteiger partial charge on any atom is -0.490 e. The van der Waals surface area contributed by atoms with Crippen LogP contribution in [-0.2, 0) is 14.3 Å². The Morgan fingerprint density at radius 3 is 2.21 bits per heavy atom. The molecular formula is C31H43NO5S. The second-order valence-corrected chi connectivity index (χ2v) is 10.8. The minimum atomic E-state index is -0.593. The molecule has 0 saturated carbocycles. The first-order chi connectivity index (χ1) is 18.1. The predicted molar refractivity (Wildman–Crippen MR) is 158 cm³/mol. The number of alkyl carbamates (subject to hydrolysis) is 1. The number of carbonyl (C=O) groups is 2. The van der Waals surface area contributed by atoms with Gasteiger partial charge in [0.2, 0.25) is 0 Å². The standard InChI is InChI=1S/C31H41NO5S.H2/c1-21(2)24(7)29(22(3)4)25-13-15-26(16-14-25)36-19-27(20-38-28-11-9-8-10-12-28)37-31(34)32-17-18-35-30(33)23(5)6;/h8-16,21-22,27H,5,17-20H2,1-4,6-7H3,(H,32,34);1H/b29-24-;. The quantitative estimate of drug-likeness (QED) is 0.116. The van der Waals surface area contributed by atoms with Gasteiger partial charge in [-0.25, -0.2) is 9.59 Å². The van der Waals surface area contributed by atoms with Crippen LogP contribution in [0.25, 0.3) is 5.57 Å². The van der Waals surface area contributed by atoms with Crippen molar-refractivity contribution in [3.63, 3.8) is 0 Å². The lowest BCUT2D eigenvalue weighted by molar-refractivity contribution is -0.138. The van der Waals surface area contributed by atoms with E-state index in [0.717, 1.165) is 4.90 Å². The first-order valence-corrected chi connectivity index (χ1v) is 14.0. The Labute approximate surface area is 233 Å². The van der Waals surface area contributed by atoms with Crippen LogP contribution in [0.15, 0.2) is 77.2 Å². The fourth-order valence-electron chi connectivity index (χ4n) is 3.68. The molecule has 208 valence electrons. The lowest BCUT2D eigenvalue weighted by Gasteiger charge is -2.20. The Morgan fingerprint density at radius 2 is 1.63 bits per heavy atom. The van der Waals surface area contributed by atoms with Gasteiger partial charge in [-0.2, -0.15) is 0 Å². The Bertz CT molecular complexity index is 1080. The fourth-order valence-corrected chi connectivity index (χ4v) is 4.57. The molecule has 2 aromatic carbocycles. The zero-order valence-corrected chi connectivity index (χ0v) is 24.2. The van der Waals surface area contributed by atoms with Gasteiger partial charge in [-0.15, -0.1) is 11.8 Å².